The summed E-state index contributed by atoms with van der Waals surface area (Å²) in [6.45, 7) is 6.77. The number of rotatable bonds is 6. The molecule has 0 aliphatic rings. The summed E-state index contributed by atoms with van der Waals surface area (Å²) < 4.78 is 7.57. The van der Waals surface area contributed by atoms with Crippen LogP contribution in [0.1, 0.15) is 28.7 Å². The van der Waals surface area contributed by atoms with Gasteiger partial charge in [0.15, 0.2) is 5.78 Å². The normalized spacial score (nSPS) is 10.5. The number of ketones is 1. The molecule has 0 saturated carbocycles. The quantitative estimate of drug-likeness (QED) is 0.828. The maximum absolute atomic E-state index is 12.4. The zero-order valence-electron chi connectivity index (χ0n) is 13.1. The van der Waals surface area contributed by atoms with E-state index in [0.717, 1.165) is 28.4 Å². The lowest BCUT2D eigenvalue weighted by atomic mass is 10.1. The van der Waals surface area contributed by atoms with E-state index in [4.69, 9.17) is 4.74 Å². The van der Waals surface area contributed by atoms with Crippen molar-refractivity contribution in [1.29, 1.82) is 0 Å². The Morgan fingerprint density at radius 2 is 2.00 bits per heavy atom. The lowest BCUT2D eigenvalue weighted by molar-refractivity contribution is 0.101. The summed E-state index contributed by atoms with van der Waals surface area (Å²) in [5.41, 5.74) is 3.71. The second-order valence-corrected chi connectivity index (χ2v) is 5.05. The second kappa shape index (κ2) is 6.48. The summed E-state index contributed by atoms with van der Waals surface area (Å²) >= 11 is 0. The second-order valence-electron chi connectivity index (χ2n) is 5.05. The van der Waals surface area contributed by atoms with Crippen LogP contribution in [0.4, 0.5) is 5.69 Å². The van der Waals surface area contributed by atoms with Crippen molar-refractivity contribution in [2.75, 3.05) is 18.5 Å². The molecule has 0 aliphatic carbocycles. The highest BCUT2D eigenvalue weighted by atomic mass is 16.5. The molecule has 0 aliphatic heterocycles. The number of Topliss-reactive ketones (excluding diaryl/α,β-unsaturated/α-hetero) is 1. The van der Waals surface area contributed by atoms with E-state index in [9.17, 15) is 4.79 Å². The summed E-state index contributed by atoms with van der Waals surface area (Å²) in [4.78, 5) is 12.4. The van der Waals surface area contributed by atoms with E-state index in [1.807, 2.05) is 62.7 Å². The Labute approximate surface area is 125 Å². The highest BCUT2D eigenvalue weighted by Gasteiger charge is 2.14. The van der Waals surface area contributed by atoms with Crippen molar-refractivity contribution in [1.82, 2.24) is 4.57 Å². The van der Waals surface area contributed by atoms with Crippen LogP contribution in [-0.4, -0.2) is 23.5 Å². The van der Waals surface area contributed by atoms with Gasteiger partial charge in [-0.1, -0.05) is 12.1 Å². The van der Waals surface area contributed by atoms with Gasteiger partial charge in [0, 0.05) is 24.0 Å². The monoisotopic (exact) mass is 286 g/mol. The Balaban J connectivity index is 2.09. The Morgan fingerprint density at radius 1 is 1.29 bits per heavy atom. The van der Waals surface area contributed by atoms with Crippen LogP contribution in [0.15, 0.2) is 30.3 Å². The van der Waals surface area contributed by atoms with Crippen molar-refractivity contribution < 1.29 is 9.53 Å². The number of anilines is 1. The Hall–Kier alpha value is -2.23. The molecule has 1 aromatic heterocycles. The maximum Gasteiger partial charge on any atom is 0.183 e. The van der Waals surface area contributed by atoms with E-state index in [0.29, 0.717) is 6.61 Å². The van der Waals surface area contributed by atoms with Gasteiger partial charge in [-0.05, 0) is 39.0 Å². The molecule has 0 radical (unpaired) electrons. The number of aryl methyl sites for hydroxylation is 1. The summed E-state index contributed by atoms with van der Waals surface area (Å²) in [6, 6.07) is 9.60. The molecule has 0 amide bonds. The van der Waals surface area contributed by atoms with Crippen LogP contribution in [0, 0.1) is 13.8 Å². The van der Waals surface area contributed by atoms with Gasteiger partial charge in [0.2, 0.25) is 0 Å². The molecule has 4 nitrogen and oxygen atoms in total. The topological polar surface area (TPSA) is 43.3 Å². The van der Waals surface area contributed by atoms with Gasteiger partial charge in [-0.15, -0.1) is 0 Å². The molecule has 2 rings (SSSR count). The first-order valence-electron chi connectivity index (χ1n) is 7.16. The van der Waals surface area contributed by atoms with E-state index in [2.05, 4.69) is 5.32 Å². The van der Waals surface area contributed by atoms with Crippen LogP contribution in [0.25, 0.3) is 0 Å². The number of para-hydroxylation sites is 2. The van der Waals surface area contributed by atoms with Gasteiger partial charge < -0.3 is 14.6 Å². The fourth-order valence-electron chi connectivity index (χ4n) is 2.30. The molecule has 4 heteroatoms. The van der Waals surface area contributed by atoms with Gasteiger partial charge in [-0.3, -0.25) is 4.79 Å². The zero-order chi connectivity index (χ0) is 15.4. The summed E-state index contributed by atoms with van der Waals surface area (Å²) in [7, 11) is 1.97. The van der Waals surface area contributed by atoms with E-state index in [-0.39, 0.29) is 12.3 Å². The van der Waals surface area contributed by atoms with Gasteiger partial charge in [0.1, 0.15) is 5.75 Å². The third kappa shape index (κ3) is 3.27. The molecular weight excluding hydrogens is 264 g/mol. The molecule has 112 valence electrons. The maximum atomic E-state index is 12.4. The first-order chi connectivity index (χ1) is 10.0. The number of hydrogen-bond acceptors (Lipinski definition) is 3. The Morgan fingerprint density at radius 3 is 2.62 bits per heavy atom. The van der Waals surface area contributed by atoms with Gasteiger partial charge in [0.25, 0.3) is 0 Å². The average Bonchev–Trinajstić information content (AvgIpc) is 2.74. The number of aromatic nitrogens is 1. The Kier molecular flexibility index (Phi) is 4.68. The van der Waals surface area contributed by atoms with Crippen molar-refractivity contribution >= 4 is 11.5 Å². The molecular formula is C17H22N2O2. The third-order valence-electron chi connectivity index (χ3n) is 3.70. The largest absolute Gasteiger partial charge is 0.492 e. The number of nitrogens with zero attached hydrogens (tertiary/aromatic N) is 1. The number of nitrogens with one attached hydrogen (secondary N) is 1. The van der Waals surface area contributed by atoms with Crippen LogP contribution < -0.4 is 10.1 Å². The number of carbonyl (C=O) groups excluding carboxylic acids is 1. The highest BCUT2D eigenvalue weighted by molar-refractivity contribution is 6.00. The van der Waals surface area contributed by atoms with Crippen LogP contribution in [0.5, 0.6) is 5.75 Å². The highest BCUT2D eigenvalue weighted by Crippen LogP contribution is 2.23. The van der Waals surface area contributed by atoms with Gasteiger partial charge in [-0.2, -0.15) is 0 Å². The summed E-state index contributed by atoms with van der Waals surface area (Å²) in [5.74, 6) is 0.858. The van der Waals surface area contributed by atoms with Crippen molar-refractivity contribution in [3.8, 4) is 5.75 Å². The predicted molar refractivity (Wildman–Crippen MR) is 85.3 cm³/mol. The smallest absolute Gasteiger partial charge is 0.183 e. The minimum absolute atomic E-state index is 0.0856. The first-order valence-corrected chi connectivity index (χ1v) is 7.16. The lowest BCUT2D eigenvalue weighted by Gasteiger charge is -2.11. The van der Waals surface area contributed by atoms with E-state index in [1.54, 1.807) is 0 Å². The van der Waals surface area contributed by atoms with Crippen LogP contribution in [0.3, 0.4) is 0 Å². The zero-order valence-corrected chi connectivity index (χ0v) is 13.1. The molecule has 1 N–H and O–H groups in total. The molecule has 0 spiro atoms. The van der Waals surface area contributed by atoms with Crippen molar-refractivity contribution in [2.24, 2.45) is 7.05 Å². The van der Waals surface area contributed by atoms with Crippen LogP contribution in [-0.2, 0) is 7.05 Å². The first kappa shape index (κ1) is 15.2. The number of hydrogen-bond donors (Lipinski definition) is 1. The fourth-order valence-corrected chi connectivity index (χ4v) is 2.30. The molecule has 1 aromatic carbocycles. The van der Waals surface area contributed by atoms with Crippen molar-refractivity contribution in [3.05, 3.63) is 47.3 Å². The average molecular weight is 286 g/mol. The number of carbonyl (C=O) groups is 1. The van der Waals surface area contributed by atoms with E-state index in [1.165, 1.54) is 0 Å². The molecule has 0 saturated heterocycles. The molecule has 0 unspecified atom stereocenters. The van der Waals surface area contributed by atoms with Crippen LogP contribution >= 0.6 is 0 Å². The number of ether oxygens (including phenoxy) is 1. The fraction of sp³-hybridized carbons (Fsp3) is 0.353. The molecule has 0 bridgehead atoms. The van der Waals surface area contributed by atoms with Crippen LogP contribution in [0.2, 0.25) is 0 Å². The minimum Gasteiger partial charge on any atom is -0.492 e. The standard InChI is InChI=1S/C17H22N2O2/c1-5-21-17-9-7-6-8-15(17)18-11-16(20)14-10-12(2)19(4)13(14)3/h6-10,18H,5,11H2,1-4H3. The molecule has 0 fully saturated rings. The SMILES string of the molecule is CCOc1ccccc1NCC(=O)c1cc(C)n(C)c1C. The van der Waals surface area contributed by atoms with Crippen molar-refractivity contribution in [3.63, 3.8) is 0 Å². The molecule has 2 aromatic rings. The minimum atomic E-state index is 0.0856. The molecule has 0 atom stereocenters. The van der Waals surface area contributed by atoms with E-state index < -0.39 is 0 Å². The van der Waals surface area contributed by atoms with Gasteiger partial charge in [0.05, 0.1) is 18.8 Å². The summed E-state index contributed by atoms with van der Waals surface area (Å²) in [5, 5.41) is 3.17. The number of benzene rings is 1. The third-order valence-corrected chi connectivity index (χ3v) is 3.70. The predicted octanol–water partition coefficient (Wildman–Crippen LogP) is 3.34. The summed E-state index contributed by atoms with van der Waals surface area (Å²) in [6.07, 6.45) is 0. The van der Waals surface area contributed by atoms with E-state index >= 15 is 0 Å². The molecule has 1 heterocycles. The lowest BCUT2D eigenvalue weighted by Crippen LogP contribution is -2.15. The van der Waals surface area contributed by atoms with Crippen molar-refractivity contribution in [2.45, 2.75) is 20.8 Å². The Bertz CT molecular complexity index is 644. The van der Waals surface area contributed by atoms with Gasteiger partial charge >= 0.3 is 0 Å². The van der Waals surface area contributed by atoms with Gasteiger partial charge in [-0.25, -0.2) is 0 Å². The molecule has 21 heavy (non-hydrogen) atoms.